The molecule has 0 aliphatic rings. The normalized spacial score (nSPS) is 12.0. The molecule has 1 amide bonds. The first-order valence-corrected chi connectivity index (χ1v) is 11.7. The number of para-hydroxylation sites is 1. The summed E-state index contributed by atoms with van der Waals surface area (Å²) in [5.41, 5.74) is 0.492. The van der Waals surface area contributed by atoms with Crippen molar-refractivity contribution in [2.75, 3.05) is 18.2 Å². The zero-order valence-corrected chi connectivity index (χ0v) is 20.4. The predicted octanol–water partition coefficient (Wildman–Crippen LogP) is 5.61. The third-order valence-corrected chi connectivity index (χ3v) is 5.77. The van der Waals surface area contributed by atoms with E-state index in [2.05, 4.69) is 29.4 Å². The Morgan fingerprint density at radius 1 is 1.18 bits per heavy atom. The number of anilines is 1. The van der Waals surface area contributed by atoms with Crippen LogP contribution in [0.3, 0.4) is 0 Å². The molecule has 0 radical (unpaired) electrons. The van der Waals surface area contributed by atoms with Gasteiger partial charge in [-0.25, -0.2) is 4.39 Å². The summed E-state index contributed by atoms with van der Waals surface area (Å²) >= 11 is 7.29. The average molecular weight is 493 g/mol. The number of hydrogen-bond acceptors (Lipinski definition) is 6. The van der Waals surface area contributed by atoms with Crippen LogP contribution in [-0.4, -0.2) is 33.5 Å². The smallest absolute Gasteiger partial charge is 0.234 e. The number of nitrogens with one attached hydrogen (secondary N) is 1. The van der Waals surface area contributed by atoms with Crippen LogP contribution >= 0.6 is 23.4 Å². The van der Waals surface area contributed by atoms with Crippen LogP contribution in [-0.2, 0) is 11.3 Å². The molecule has 2 aromatic carbocycles. The second-order valence-corrected chi connectivity index (χ2v) is 9.10. The van der Waals surface area contributed by atoms with Crippen LogP contribution in [0, 0.1) is 11.7 Å². The molecule has 1 heterocycles. The van der Waals surface area contributed by atoms with Gasteiger partial charge < -0.3 is 19.4 Å². The maximum Gasteiger partial charge on any atom is 0.234 e. The fraction of sp³-hybridized carbons (Fsp3) is 0.348. The topological polar surface area (TPSA) is 78.3 Å². The molecular formula is C23H26ClFN4O3S. The van der Waals surface area contributed by atoms with Crippen molar-refractivity contribution in [3.8, 4) is 11.5 Å². The zero-order valence-electron chi connectivity index (χ0n) is 18.8. The lowest BCUT2D eigenvalue weighted by Crippen LogP contribution is -2.17. The second-order valence-electron chi connectivity index (χ2n) is 7.72. The standard InChI is InChI=1S/C23H26ClFN4O3S/c1-14(2)12-29-22(15(3)32-19-8-6-5-7-17(19)25)27-28-23(29)33-13-21(30)26-18-11-16(24)9-10-20(18)31-4/h5-11,14-15H,12-13H2,1-4H3,(H,26,30). The third kappa shape index (κ3) is 6.61. The van der Waals surface area contributed by atoms with Gasteiger partial charge in [0.25, 0.3) is 0 Å². The van der Waals surface area contributed by atoms with Gasteiger partial charge in [0, 0.05) is 11.6 Å². The second kappa shape index (κ2) is 11.4. The van der Waals surface area contributed by atoms with Gasteiger partial charge in [-0.2, -0.15) is 0 Å². The van der Waals surface area contributed by atoms with Crippen molar-refractivity contribution >= 4 is 35.0 Å². The zero-order chi connectivity index (χ0) is 24.0. The Bertz CT molecular complexity index is 1110. The van der Waals surface area contributed by atoms with Gasteiger partial charge in [0.05, 0.1) is 18.6 Å². The minimum Gasteiger partial charge on any atom is -0.495 e. The quantitative estimate of drug-likeness (QED) is 0.371. The Hall–Kier alpha value is -2.78. The molecule has 0 saturated heterocycles. The Morgan fingerprint density at radius 3 is 2.64 bits per heavy atom. The van der Waals surface area contributed by atoms with Crippen molar-refractivity contribution in [3.63, 3.8) is 0 Å². The Labute approximate surface area is 201 Å². The number of amides is 1. The number of halogens is 2. The molecule has 1 unspecified atom stereocenters. The average Bonchev–Trinajstić information content (AvgIpc) is 3.16. The molecule has 0 aliphatic heterocycles. The van der Waals surface area contributed by atoms with Gasteiger partial charge in [-0.3, -0.25) is 4.79 Å². The van der Waals surface area contributed by atoms with Crippen LogP contribution in [0.1, 0.15) is 32.7 Å². The first-order chi connectivity index (χ1) is 15.8. The van der Waals surface area contributed by atoms with Gasteiger partial charge >= 0.3 is 0 Å². The van der Waals surface area contributed by atoms with E-state index in [1.807, 2.05) is 4.57 Å². The molecule has 1 aromatic heterocycles. The molecule has 1 atom stereocenters. The summed E-state index contributed by atoms with van der Waals surface area (Å²) in [6, 6.07) is 11.2. The Kier molecular flexibility index (Phi) is 8.57. The van der Waals surface area contributed by atoms with E-state index >= 15 is 0 Å². The summed E-state index contributed by atoms with van der Waals surface area (Å²) in [4.78, 5) is 12.6. The number of hydrogen-bond donors (Lipinski definition) is 1. The summed E-state index contributed by atoms with van der Waals surface area (Å²) in [5, 5.41) is 12.4. The van der Waals surface area contributed by atoms with Gasteiger partial charge in [0.15, 0.2) is 28.7 Å². The predicted molar refractivity (Wildman–Crippen MR) is 128 cm³/mol. The van der Waals surface area contributed by atoms with E-state index in [1.165, 1.54) is 24.9 Å². The van der Waals surface area contributed by atoms with E-state index in [0.717, 1.165) is 0 Å². The minimum atomic E-state index is -0.535. The van der Waals surface area contributed by atoms with Crippen LogP contribution in [0.25, 0.3) is 0 Å². The van der Waals surface area contributed by atoms with Crippen molar-refractivity contribution in [2.24, 2.45) is 5.92 Å². The number of nitrogens with zero attached hydrogens (tertiary/aromatic N) is 3. The number of carbonyl (C=O) groups excluding carboxylic acids is 1. The molecule has 0 fully saturated rings. The minimum absolute atomic E-state index is 0.106. The number of carbonyl (C=O) groups is 1. The fourth-order valence-corrected chi connectivity index (χ4v) is 4.05. The number of methoxy groups -OCH3 is 1. The highest BCUT2D eigenvalue weighted by molar-refractivity contribution is 7.99. The van der Waals surface area contributed by atoms with Crippen LogP contribution in [0.2, 0.25) is 5.02 Å². The van der Waals surface area contributed by atoms with Crippen molar-refractivity contribution < 1.29 is 18.7 Å². The molecule has 7 nitrogen and oxygen atoms in total. The summed E-state index contributed by atoms with van der Waals surface area (Å²) < 4.78 is 27.0. The first kappa shape index (κ1) is 24.9. The van der Waals surface area contributed by atoms with Crippen molar-refractivity contribution in [1.82, 2.24) is 14.8 Å². The molecule has 0 spiro atoms. The van der Waals surface area contributed by atoms with E-state index < -0.39 is 11.9 Å². The molecule has 0 saturated carbocycles. The molecule has 0 aliphatic carbocycles. The van der Waals surface area contributed by atoms with Crippen LogP contribution in [0.15, 0.2) is 47.6 Å². The summed E-state index contributed by atoms with van der Waals surface area (Å²) in [6.07, 6.45) is -0.535. The lowest BCUT2D eigenvalue weighted by atomic mass is 10.2. The molecule has 10 heteroatoms. The van der Waals surface area contributed by atoms with Crippen molar-refractivity contribution in [2.45, 2.75) is 38.6 Å². The fourth-order valence-electron chi connectivity index (χ4n) is 3.12. The highest BCUT2D eigenvalue weighted by Gasteiger charge is 2.22. The van der Waals surface area contributed by atoms with Gasteiger partial charge in [-0.15, -0.1) is 10.2 Å². The maximum atomic E-state index is 14.0. The Morgan fingerprint density at radius 2 is 1.94 bits per heavy atom. The number of aromatic nitrogens is 3. The van der Waals surface area contributed by atoms with Crippen molar-refractivity contribution in [3.05, 3.63) is 59.1 Å². The van der Waals surface area contributed by atoms with Crippen LogP contribution < -0.4 is 14.8 Å². The molecular weight excluding hydrogens is 467 g/mol. The highest BCUT2D eigenvalue weighted by Crippen LogP contribution is 2.29. The maximum absolute atomic E-state index is 14.0. The summed E-state index contributed by atoms with van der Waals surface area (Å²) in [5.74, 6) is 0.943. The largest absolute Gasteiger partial charge is 0.495 e. The number of thioether (sulfide) groups is 1. The molecule has 3 aromatic rings. The Balaban J connectivity index is 1.72. The van der Waals surface area contributed by atoms with E-state index in [-0.39, 0.29) is 17.4 Å². The van der Waals surface area contributed by atoms with Gasteiger partial charge in [-0.05, 0) is 43.2 Å². The van der Waals surface area contributed by atoms with Crippen LogP contribution in [0.5, 0.6) is 11.5 Å². The van der Waals surface area contributed by atoms with Gasteiger partial charge in [0.2, 0.25) is 5.91 Å². The van der Waals surface area contributed by atoms with Crippen molar-refractivity contribution in [1.29, 1.82) is 0 Å². The van der Waals surface area contributed by atoms with E-state index in [0.29, 0.717) is 39.9 Å². The number of benzene rings is 2. The number of rotatable bonds is 10. The lowest BCUT2D eigenvalue weighted by Gasteiger charge is -2.18. The van der Waals surface area contributed by atoms with Gasteiger partial charge in [0.1, 0.15) is 5.75 Å². The molecule has 3 rings (SSSR count). The molecule has 33 heavy (non-hydrogen) atoms. The van der Waals surface area contributed by atoms with E-state index in [9.17, 15) is 9.18 Å². The summed E-state index contributed by atoms with van der Waals surface area (Å²) in [6.45, 7) is 6.55. The summed E-state index contributed by atoms with van der Waals surface area (Å²) in [7, 11) is 1.52. The van der Waals surface area contributed by atoms with Gasteiger partial charge in [-0.1, -0.05) is 49.3 Å². The first-order valence-electron chi connectivity index (χ1n) is 10.4. The molecule has 0 bridgehead atoms. The van der Waals surface area contributed by atoms with E-state index in [1.54, 1.807) is 43.3 Å². The SMILES string of the molecule is COc1ccc(Cl)cc1NC(=O)CSc1nnc(C(C)Oc2ccccc2F)n1CC(C)C. The molecule has 176 valence electrons. The third-order valence-electron chi connectivity index (χ3n) is 4.57. The monoisotopic (exact) mass is 492 g/mol. The van der Waals surface area contributed by atoms with E-state index in [4.69, 9.17) is 21.1 Å². The molecule has 1 N–H and O–H groups in total. The van der Waals surface area contributed by atoms with Crippen LogP contribution in [0.4, 0.5) is 10.1 Å². The highest BCUT2D eigenvalue weighted by atomic mass is 35.5. The lowest BCUT2D eigenvalue weighted by molar-refractivity contribution is -0.113. The number of ether oxygens (including phenoxy) is 2.